The van der Waals surface area contributed by atoms with Crippen molar-refractivity contribution in [3.63, 3.8) is 0 Å². The van der Waals surface area contributed by atoms with Crippen molar-refractivity contribution in [2.75, 3.05) is 19.6 Å². The van der Waals surface area contributed by atoms with Crippen LogP contribution in [-0.4, -0.2) is 37.9 Å². The maximum atomic E-state index is 12.3. The van der Waals surface area contributed by atoms with E-state index in [1.165, 1.54) is 6.92 Å². The molecule has 0 spiro atoms. The van der Waals surface area contributed by atoms with Crippen molar-refractivity contribution < 1.29 is 21.6 Å². The highest BCUT2D eigenvalue weighted by molar-refractivity contribution is 7.90. The van der Waals surface area contributed by atoms with Gasteiger partial charge < -0.3 is 5.73 Å². The van der Waals surface area contributed by atoms with Crippen molar-refractivity contribution in [1.82, 2.24) is 4.31 Å². The zero-order valence-corrected chi connectivity index (χ0v) is 10.3. The second-order valence-corrected chi connectivity index (χ2v) is 6.17. The Hall–Kier alpha value is -0.340. The van der Waals surface area contributed by atoms with E-state index in [-0.39, 0.29) is 19.6 Å². The van der Waals surface area contributed by atoms with Crippen LogP contribution in [0.3, 0.4) is 0 Å². The van der Waals surface area contributed by atoms with Crippen molar-refractivity contribution in [3.05, 3.63) is 0 Å². The molecule has 0 aliphatic heterocycles. The van der Waals surface area contributed by atoms with Gasteiger partial charge in [0, 0.05) is 13.1 Å². The fourth-order valence-electron chi connectivity index (χ4n) is 1.06. The van der Waals surface area contributed by atoms with Gasteiger partial charge in [-0.3, -0.25) is 0 Å². The Bertz CT molecular complexity index is 325. The van der Waals surface area contributed by atoms with E-state index in [0.29, 0.717) is 4.31 Å². The van der Waals surface area contributed by atoms with Gasteiger partial charge in [-0.25, -0.2) is 8.42 Å². The molecule has 0 aromatic carbocycles. The summed E-state index contributed by atoms with van der Waals surface area (Å²) in [7, 11) is -5.25. The molecule has 0 unspecified atom stereocenters. The first-order chi connectivity index (χ1) is 6.98. The SMILES string of the molecule is CCN(CC(C)(C)CN)S(=O)(=O)C(F)(F)F. The summed E-state index contributed by atoms with van der Waals surface area (Å²) in [4.78, 5) is 0. The molecule has 0 amide bonds. The summed E-state index contributed by atoms with van der Waals surface area (Å²) in [6, 6.07) is 0. The van der Waals surface area contributed by atoms with Crippen LogP contribution in [0.1, 0.15) is 20.8 Å². The van der Waals surface area contributed by atoms with E-state index >= 15 is 0 Å². The zero-order valence-electron chi connectivity index (χ0n) is 9.50. The Morgan fingerprint density at radius 2 is 1.69 bits per heavy atom. The molecule has 0 bridgehead atoms. The van der Waals surface area contributed by atoms with Gasteiger partial charge in [0.2, 0.25) is 0 Å². The van der Waals surface area contributed by atoms with E-state index in [1.54, 1.807) is 13.8 Å². The van der Waals surface area contributed by atoms with E-state index in [2.05, 4.69) is 0 Å². The highest BCUT2D eigenvalue weighted by Gasteiger charge is 2.50. The van der Waals surface area contributed by atoms with Crippen LogP contribution >= 0.6 is 0 Å². The second-order valence-electron chi connectivity index (χ2n) is 4.25. The lowest BCUT2D eigenvalue weighted by Crippen LogP contribution is -2.46. The molecule has 0 fully saturated rings. The number of nitrogens with zero attached hydrogens (tertiary/aromatic N) is 1. The third-order valence-electron chi connectivity index (χ3n) is 2.14. The maximum Gasteiger partial charge on any atom is 0.511 e. The van der Waals surface area contributed by atoms with Crippen molar-refractivity contribution in [2.24, 2.45) is 11.1 Å². The van der Waals surface area contributed by atoms with Crippen molar-refractivity contribution in [3.8, 4) is 0 Å². The first-order valence-electron chi connectivity index (χ1n) is 4.74. The molecule has 98 valence electrons. The zero-order chi connectivity index (χ0) is 13.2. The van der Waals surface area contributed by atoms with Crippen molar-refractivity contribution in [2.45, 2.75) is 26.3 Å². The van der Waals surface area contributed by atoms with Crippen LogP contribution in [-0.2, 0) is 10.0 Å². The monoisotopic (exact) mass is 262 g/mol. The molecular weight excluding hydrogens is 245 g/mol. The van der Waals surface area contributed by atoms with Crippen molar-refractivity contribution >= 4 is 10.0 Å². The Morgan fingerprint density at radius 3 is 1.94 bits per heavy atom. The van der Waals surface area contributed by atoms with Gasteiger partial charge in [-0.1, -0.05) is 20.8 Å². The van der Waals surface area contributed by atoms with Crippen LogP contribution in [0.25, 0.3) is 0 Å². The Morgan fingerprint density at radius 1 is 1.25 bits per heavy atom. The number of halogens is 3. The lowest BCUT2D eigenvalue weighted by Gasteiger charge is -2.30. The van der Waals surface area contributed by atoms with Crippen LogP contribution < -0.4 is 5.73 Å². The smallest absolute Gasteiger partial charge is 0.330 e. The van der Waals surface area contributed by atoms with Crippen LogP contribution in [0.5, 0.6) is 0 Å². The second kappa shape index (κ2) is 4.89. The van der Waals surface area contributed by atoms with Gasteiger partial charge in [-0.05, 0) is 12.0 Å². The predicted molar refractivity (Wildman–Crippen MR) is 55.1 cm³/mol. The molecule has 16 heavy (non-hydrogen) atoms. The summed E-state index contributed by atoms with van der Waals surface area (Å²) in [6.07, 6.45) is 0. The number of nitrogens with two attached hydrogens (primary N) is 1. The van der Waals surface area contributed by atoms with Crippen LogP contribution in [0.15, 0.2) is 0 Å². The van der Waals surface area contributed by atoms with E-state index < -0.39 is 20.9 Å². The van der Waals surface area contributed by atoms with Crippen molar-refractivity contribution in [1.29, 1.82) is 0 Å². The summed E-state index contributed by atoms with van der Waals surface area (Å²) in [5.41, 5.74) is -0.584. The average Bonchev–Trinajstić information content (AvgIpc) is 2.12. The number of hydrogen-bond donors (Lipinski definition) is 1. The molecule has 0 saturated heterocycles. The fourth-order valence-corrected chi connectivity index (χ4v) is 2.21. The minimum absolute atomic E-state index is 0.108. The van der Waals surface area contributed by atoms with E-state index in [9.17, 15) is 21.6 Å². The number of hydrogen-bond acceptors (Lipinski definition) is 3. The Balaban J connectivity index is 5.04. The molecule has 0 aromatic rings. The molecule has 0 rings (SSSR count). The molecule has 0 saturated carbocycles. The van der Waals surface area contributed by atoms with Gasteiger partial charge in [-0.2, -0.15) is 17.5 Å². The first kappa shape index (κ1) is 15.7. The molecule has 0 aliphatic carbocycles. The predicted octanol–water partition coefficient (Wildman–Crippen LogP) is 1.14. The molecule has 4 nitrogen and oxygen atoms in total. The number of sulfonamides is 1. The lowest BCUT2D eigenvalue weighted by atomic mass is 9.94. The summed E-state index contributed by atoms with van der Waals surface area (Å²) in [6.45, 7) is 4.21. The number of rotatable bonds is 5. The average molecular weight is 262 g/mol. The summed E-state index contributed by atoms with van der Waals surface area (Å²) < 4.78 is 59.5. The minimum Gasteiger partial charge on any atom is -0.330 e. The highest BCUT2D eigenvalue weighted by atomic mass is 32.2. The van der Waals surface area contributed by atoms with Crippen LogP contribution in [0, 0.1) is 5.41 Å². The standard InChI is InChI=1S/C8H17F3N2O2S/c1-4-13(6-7(2,3)5-12)16(14,15)8(9,10)11/h4-6,12H2,1-3H3. The summed E-state index contributed by atoms with van der Waals surface area (Å²) in [5.74, 6) is 0. The Labute approximate surface area is 93.7 Å². The fraction of sp³-hybridized carbons (Fsp3) is 1.00. The third-order valence-corrected chi connectivity index (χ3v) is 3.79. The molecule has 0 radical (unpaired) electrons. The summed E-state index contributed by atoms with van der Waals surface area (Å²) in [5, 5.41) is 0. The van der Waals surface area contributed by atoms with Crippen LogP contribution in [0.2, 0.25) is 0 Å². The molecule has 0 heterocycles. The Kier molecular flexibility index (Phi) is 4.78. The first-order valence-corrected chi connectivity index (χ1v) is 6.18. The van der Waals surface area contributed by atoms with Crippen LogP contribution in [0.4, 0.5) is 13.2 Å². The number of alkyl halides is 3. The molecule has 0 aliphatic rings. The van der Waals surface area contributed by atoms with Gasteiger partial charge in [0.25, 0.3) is 0 Å². The van der Waals surface area contributed by atoms with E-state index in [4.69, 9.17) is 5.73 Å². The minimum atomic E-state index is -5.26. The van der Waals surface area contributed by atoms with Gasteiger partial charge in [-0.15, -0.1) is 0 Å². The normalized spacial score (nSPS) is 14.5. The van der Waals surface area contributed by atoms with Gasteiger partial charge in [0.1, 0.15) is 0 Å². The largest absolute Gasteiger partial charge is 0.511 e. The van der Waals surface area contributed by atoms with Gasteiger partial charge in [0.05, 0.1) is 0 Å². The maximum absolute atomic E-state index is 12.3. The van der Waals surface area contributed by atoms with Gasteiger partial charge in [0.15, 0.2) is 0 Å². The summed E-state index contributed by atoms with van der Waals surface area (Å²) >= 11 is 0. The van der Waals surface area contributed by atoms with E-state index in [0.717, 1.165) is 0 Å². The lowest BCUT2D eigenvalue weighted by molar-refractivity contribution is -0.0494. The third kappa shape index (κ3) is 3.60. The van der Waals surface area contributed by atoms with E-state index in [1.807, 2.05) is 0 Å². The molecule has 8 heteroatoms. The molecule has 2 N–H and O–H groups in total. The molecule has 0 aromatic heterocycles. The topological polar surface area (TPSA) is 63.4 Å². The highest BCUT2D eigenvalue weighted by Crippen LogP contribution is 2.28. The quantitative estimate of drug-likeness (QED) is 0.808. The molecule has 0 atom stereocenters. The van der Waals surface area contributed by atoms with Gasteiger partial charge >= 0.3 is 15.5 Å². The molecular formula is C8H17F3N2O2S.